The second-order valence-electron chi connectivity index (χ2n) is 10.4. The van der Waals surface area contributed by atoms with Crippen molar-refractivity contribution in [3.63, 3.8) is 0 Å². The third-order valence-electron chi connectivity index (χ3n) is 6.73. The van der Waals surface area contributed by atoms with Gasteiger partial charge in [-0.05, 0) is 48.5 Å². The molecule has 1 aliphatic heterocycles. The third-order valence-corrected chi connectivity index (χ3v) is 11.7. The second-order valence-corrected chi connectivity index (χ2v) is 14.7. The monoisotopic (exact) mass is 440 g/mol. The fourth-order valence-electron chi connectivity index (χ4n) is 4.47. The van der Waals surface area contributed by atoms with Gasteiger partial charge in [0.2, 0.25) is 0 Å². The van der Waals surface area contributed by atoms with Crippen molar-refractivity contribution in [2.75, 3.05) is 13.2 Å². The molecule has 31 heavy (non-hydrogen) atoms. The van der Waals surface area contributed by atoms with Crippen LogP contribution in [-0.2, 0) is 13.9 Å². The van der Waals surface area contributed by atoms with E-state index in [-0.39, 0.29) is 22.8 Å². The van der Waals surface area contributed by atoms with E-state index >= 15 is 0 Å². The Balaban J connectivity index is 1.88. The van der Waals surface area contributed by atoms with E-state index in [1.165, 1.54) is 16.8 Å². The molecule has 0 aliphatic carbocycles. The number of benzene rings is 2. The quantitative estimate of drug-likeness (QED) is 0.506. The molecule has 0 aromatic heterocycles. The van der Waals surface area contributed by atoms with Gasteiger partial charge in [-0.2, -0.15) is 0 Å². The van der Waals surface area contributed by atoms with Crippen molar-refractivity contribution in [1.29, 1.82) is 0 Å². The van der Waals surface area contributed by atoms with Crippen LogP contribution in [0.3, 0.4) is 0 Å². The number of hydrogen-bond donors (Lipinski definition) is 0. The maximum Gasteiger partial charge on any atom is 0.261 e. The molecule has 1 saturated heterocycles. The highest BCUT2D eigenvalue weighted by Gasteiger charge is 2.50. The smallest absolute Gasteiger partial charge is 0.261 e. The Morgan fingerprint density at radius 3 is 1.90 bits per heavy atom. The summed E-state index contributed by atoms with van der Waals surface area (Å²) in [6.45, 7) is 15.0. The van der Waals surface area contributed by atoms with E-state index in [0.29, 0.717) is 6.61 Å². The molecule has 2 aromatic carbocycles. The molecule has 170 valence electrons. The Morgan fingerprint density at radius 1 is 0.903 bits per heavy atom. The zero-order chi connectivity index (χ0) is 22.5. The summed E-state index contributed by atoms with van der Waals surface area (Å²) in [5.41, 5.74) is -0.326. The first-order valence-corrected chi connectivity index (χ1v) is 13.6. The third kappa shape index (κ3) is 5.48. The topological polar surface area (TPSA) is 27.7 Å². The van der Waals surface area contributed by atoms with Crippen molar-refractivity contribution >= 4 is 18.7 Å². The van der Waals surface area contributed by atoms with Gasteiger partial charge in [-0.25, -0.2) is 0 Å². The van der Waals surface area contributed by atoms with E-state index in [9.17, 15) is 0 Å². The predicted molar refractivity (Wildman–Crippen MR) is 131 cm³/mol. The Hall–Kier alpha value is -1.46. The van der Waals surface area contributed by atoms with Gasteiger partial charge in [0.05, 0.1) is 5.60 Å². The second kappa shape index (κ2) is 9.99. The van der Waals surface area contributed by atoms with Crippen LogP contribution in [-0.4, -0.2) is 33.4 Å². The number of rotatable bonds is 8. The van der Waals surface area contributed by atoms with Crippen molar-refractivity contribution in [2.24, 2.45) is 5.92 Å². The first-order chi connectivity index (χ1) is 14.7. The van der Waals surface area contributed by atoms with Crippen molar-refractivity contribution in [3.05, 3.63) is 60.7 Å². The van der Waals surface area contributed by atoms with Crippen molar-refractivity contribution in [1.82, 2.24) is 0 Å². The first kappa shape index (κ1) is 24.2. The molecular formula is C27H40O3Si. The minimum atomic E-state index is -2.53. The fraction of sp³-hybridized carbons (Fsp3) is 0.556. The molecule has 0 amide bonds. The summed E-state index contributed by atoms with van der Waals surface area (Å²) in [4.78, 5) is 0. The van der Waals surface area contributed by atoms with Crippen LogP contribution in [0.4, 0.5) is 0 Å². The van der Waals surface area contributed by atoms with E-state index in [2.05, 4.69) is 102 Å². The molecule has 4 heteroatoms. The van der Waals surface area contributed by atoms with Crippen molar-refractivity contribution in [3.8, 4) is 0 Å². The highest BCUT2D eigenvalue weighted by Crippen LogP contribution is 2.38. The van der Waals surface area contributed by atoms with Gasteiger partial charge >= 0.3 is 0 Å². The summed E-state index contributed by atoms with van der Waals surface area (Å²) >= 11 is 0. The Morgan fingerprint density at radius 2 is 1.45 bits per heavy atom. The van der Waals surface area contributed by atoms with Crippen LogP contribution in [0.1, 0.15) is 60.8 Å². The SMILES string of the molecule is C[C@@H](CO[Si](c1ccccc1)(c1ccccc1)C(C)(C)C)C(C)(C)OC1CCCCO1. The molecule has 0 radical (unpaired) electrons. The summed E-state index contributed by atoms with van der Waals surface area (Å²) in [5.74, 6) is 0.222. The van der Waals surface area contributed by atoms with Gasteiger partial charge in [0, 0.05) is 19.1 Å². The average Bonchev–Trinajstić information content (AvgIpc) is 2.75. The maximum absolute atomic E-state index is 7.12. The van der Waals surface area contributed by atoms with Crippen LogP contribution >= 0.6 is 0 Å². The molecule has 3 rings (SSSR count). The van der Waals surface area contributed by atoms with Gasteiger partial charge in [-0.15, -0.1) is 0 Å². The zero-order valence-electron chi connectivity index (χ0n) is 20.2. The van der Waals surface area contributed by atoms with Crippen LogP contribution in [0.25, 0.3) is 0 Å². The molecule has 3 nitrogen and oxygen atoms in total. The van der Waals surface area contributed by atoms with Crippen molar-refractivity contribution in [2.45, 2.75) is 77.7 Å². The van der Waals surface area contributed by atoms with Crippen LogP contribution in [0.15, 0.2) is 60.7 Å². The molecule has 0 spiro atoms. The highest BCUT2D eigenvalue weighted by atomic mass is 28.4. The van der Waals surface area contributed by atoms with E-state index in [1.807, 2.05) is 0 Å². The van der Waals surface area contributed by atoms with Crippen molar-refractivity contribution < 1.29 is 13.9 Å². The molecule has 0 N–H and O–H groups in total. The van der Waals surface area contributed by atoms with Gasteiger partial charge in [-0.3, -0.25) is 0 Å². The van der Waals surface area contributed by atoms with E-state index in [0.717, 1.165) is 19.4 Å². The van der Waals surface area contributed by atoms with E-state index in [1.54, 1.807) is 0 Å². The summed E-state index contributed by atoms with van der Waals surface area (Å²) in [5, 5.41) is 2.61. The number of hydrogen-bond acceptors (Lipinski definition) is 3. The lowest BCUT2D eigenvalue weighted by atomic mass is 9.93. The molecule has 1 unspecified atom stereocenters. The predicted octanol–water partition coefficient (Wildman–Crippen LogP) is 5.52. The first-order valence-electron chi connectivity index (χ1n) is 11.7. The Kier molecular flexibility index (Phi) is 7.80. The largest absolute Gasteiger partial charge is 0.407 e. The summed E-state index contributed by atoms with van der Waals surface area (Å²) in [6.07, 6.45) is 3.19. The normalized spacial score (nSPS) is 19.2. The molecule has 1 aliphatic rings. The lowest BCUT2D eigenvalue weighted by Gasteiger charge is -2.45. The molecule has 2 aromatic rings. The lowest BCUT2D eigenvalue weighted by molar-refractivity contribution is -0.229. The molecule has 1 fully saturated rings. The summed E-state index contributed by atoms with van der Waals surface area (Å²) < 4.78 is 19.4. The molecule has 2 atom stereocenters. The van der Waals surface area contributed by atoms with E-state index < -0.39 is 8.32 Å². The van der Waals surface area contributed by atoms with Gasteiger partial charge in [0.15, 0.2) is 6.29 Å². The fourth-order valence-corrected chi connectivity index (χ4v) is 9.13. The Bertz CT molecular complexity index is 753. The average molecular weight is 441 g/mol. The lowest BCUT2D eigenvalue weighted by Crippen LogP contribution is -2.67. The zero-order valence-corrected chi connectivity index (χ0v) is 21.2. The molecule has 0 saturated carbocycles. The Labute approximate surface area is 190 Å². The van der Waals surface area contributed by atoms with Crippen LogP contribution in [0.2, 0.25) is 5.04 Å². The molecule has 1 heterocycles. The minimum absolute atomic E-state index is 0.0209. The standard InChI is InChI=1S/C27H40O3Si/c1-22(27(5,6)30-25-19-13-14-20-28-25)21-29-31(26(2,3)4,23-15-9-7-10-16-23)24-17-11-8-12-18-24/h7-12,15-18,22,25H,13-14,19-21H2,1-6H3/t22-,25?/m0/s1. The maximum atomic E-state index is 7.12. The van der Waals surface area contributed by atoms with Gasteiger partial charge in [0.1, 0.15) is 0 Å². The van der Waals surface area contributed by atoms with Gasteiger partial charge in [0.25, 0.3) is 8.32 Å². The van der Waals surface area contributed by atoms with Crippen LogP contribution < -0.4 is 10.4 Å². The van der Waals surface area contributed by atoms with E-state index in [4.69, 9.17) is 13.9 Å². The van der Waals surface area contributed by atoms with Gasteiger partial charge < -0.3 is 13.9 Å². The van der Waals surface area contributed by atoms with Gasteiger partial charge in [-0.1, -0.05) is 88.4 Å². The summed E-state index contributed by atoms with van der Waals surface area (Å²) in [6, 6.07) is 21.7. The molecule has 0 bridgehead atoms. The molecular weight excluding hydrogens is 400 g/mol. The van der Waals surface area contributed by atoms with Crippen LogP contribution in [0.5, 0.6) is 0 Å². The van der Waals surface area contributed by atoms with Crippen LogP contribution in [0, 0.1) is 5.92 Å². The summed E-state index contributed by atoms with van der Waals surface area (Å²) in [7, 11) is -2.53. The minimum Gasteiger partial charge on any atom is -0.407 e. The highest BCUT2D eigenvalue weighted by molar-refractivity contribution is 6.99. The number of ether oxygens (including phenoxy) is 2.